The van der Waals surface area contributed by atoms with E-state index in [9.17, 15) is 0 Å². The van der Waals surface area contributed by atoms with Crippen LogP contribution in [0.2, 0.25) is 0 Å². The summed E-state index contributed by atoms with van der Waals surface area (Å²) in [7, 11) is 0. The summed E-state index contributed by atoms with van der Waals surface area (Å²) in [6.45, 7) is 1.33. The first-order valence-electron chi connectivity index (χ1n) is 3.80. The Bertz CT molecular complexity index is 212. The van der Waals surface area contributed by atoms with Gasteiger partial charge in [0.25, 0.3) is 0 Å². The molecule has 1 aliphatic carbocycles. The molecule has 0 spiro atoms. The highest BCUT2D eigenvalue weighted by atomic mass is 16.6. The van der Waals surface area contributed by atoms with Crippen molar-refractivity contribution in [3.63, 3.8) is 0 Å². The number of rotatable bonds is 0. The van der Waals surface area contributed by atoms with Crippen molar-refractivity contribution in [2.45, 2.75) is 6.42 Å². The van der Waals surface area contributed by atoms with Crippen LogP contribution in [0.1, 0.15) is 6.42 Å². The van der Waals surface area contributed by atoms with Gasteiger partial charge >= 0.3 is 0 Å². The van der Waals surface area contributed by atoms with Gasteiger partial charge in [-0.25, -0.2) is 0 Å². The van der Waals surface area contributed by atoms with E-state index < -0.39 is 0 Å². The lowest BCUT2D eigenvalue weighted by molar-refractivity contribution is 0.0771. The van der Waals surface area contributed by atoms with E-state index in [1.165, 1.54) is 0 Å². The van der Waals surface area contributed by atoms with Crippen molar-refractivity contribution >= 4 is 0 Å². The largest absolute Gasteiger partial charge is 0.486 e. The topological polar surface area (TPSA) is 18.5 Å². The van der Waals surface area contributed by atoms with Crippen molar-refractivity contribution < 1.29 is 9.47 Å². The second kappa shape index (κ2) is 2.82. The third-order valence-electron chi connectivity index (χ3n) is 1.65. The molecule has 58 valence electrons. The minimum Gasteiger partial charge on any atom is -0.486 e. The monoisotopic (exact) mass is 150 g/mol. The molecule has 0 saturated heterocycles. The Morgan fingerprint density at radius 3 is 2.00 bits per heavy atom. The van der Waals surface area contributed by atoms with Gasteiger partial charge in [0.15, 0.2) is 11.5 Å². The van der Waals surface area contributed by atoms with E-state index in [0.29, 0.717) is 13.2 Å². The Morgan fingerprint density at radius 2 is 1.45 bits per heavy atom. The molecule has 0 amide bonds. The van der Waals surface area contributed by atoms with E-state index >= 15 is 0 Å². The third-order valence-corrected chi connectivity index (χ3v) is 1.65. The molecule has 2 heteroatoms. The van der Waals surface area contributed by atoms with Gasteiger partial charge in [0.05, 0.1) is 0 Å². The van der Waals surface area contributed by atoms with E-state index in [0.717, 1.165) is 17.9 Å². The summed E-state index contributed by atoms with van der Waals surface area (Å²) in [6, 6.07) is 0. The molecule has 0 saturated carbocycles. The van der Waals surface area contributed by atoms with Crippen LogP contribution < -0.4 is 0 Å². The highest BCUT2D eigenvalue weighted by Crippen LogP contribution is 2.18. The summed E-state index contributed by atoms with van der Waals surface area (Å²) in [5.74, 6) is 1.73. The van der Waals surface area contributed by atoms with Crippen LogP contribution >= 0.6 is 0 Å². The Labute approximate surface area is 65.8 Å². The maximum Gasteiger partial charge on any atom is 0.161 e. The molecule has 2 aliphatic rings. The lowest BCUT2D eigenvalue weighted by Crippen LogP contribution is -2.11. The first kappa shape index (κ1) is 6.53. The van der Waals surface area contributed by atoms with Crippen LogP contribution in [0.4, 0.5) is 0 Å². The van der Waals surface area contributed by atoms with Gasteiger partial charge in [-0.3, -0.25) is 0 Å². The van der Waals surface area contributed by atoms with Gasteiger partial charge in [-0.1, -0.05) is 12.2 Å². The molecule has 2 rings (SSSR count). The number of hydrogen-bond donors (Lipinski definition) is 0. The summed E-state index contributed by atoms with van der Waals surface area (Å²) >= 11 is 0. The van der Waals surface area contributed by atoms with Crippen LogP contribution in [-0.2, 0) is 9.47 Å². The van der Waals surface area contributed by atoms with Crippen molar-refractivity contribution in [3.05, 3.63) is 35.8 Å². The summed E-state index contributed by atoms with van der Waals surface area (Å²) in [4.78, 5) is 0. The zero-order valence-corrected chi connectivity index (χ0v) is 6.25. The van der Waals surface area contributed by atoms with Gasteiger partial charge in [0, 0.05) is 0 Å². The molecule has 1 aliphatic heterocycles. The van der Waals surface area contributed by atoms with E-state index in [1.54, 1.807) is 0 Å². The molecule has 0 aromatic rings. The average Bonchev–Trinajstić information content (AvgIpc) is 2.28. The number of allylic oxidation sites excluding steroid dienone is 4. The summed E-state index contributed by atoms with van der Waals surface area (Å²) in [5.41, 5.74) is 0. The molecular formula is C9H10O2. The second-order valence-corrected chi connectivity index (χ2v) is 2.47. The zero-order valence-electron chi connectivity index (χ0n) is 6.25. The van der Waals surface area contributed by atoms with Crippen molar-refractivity contribution in [3.8, 4) is 0 Å². The SMILES string of the molecule is C1=CC2=C(C=CC1)OCCO2. The minimum atomic E-state index is 0.664. The first-order chi connectivity index (χ1) is 5.47. The Kier molecular flexibility index (Phi) is 1.68. The smallest absolute Gasteiger partial charge is 0.161 e. The maximum atomic E-state index is 5.38. The van der Waals surface area contributed by atoms with Crippen LogP contribution in [0.15, 0.2) is 35.8 Å². The molecule has 1 heterocycles. The molecule has 2 nitrogen and oxygen atoms in total. The quantitative estimate of drug-likeness (QED) is 0.524. The van der Waals surface area contributed by atoms with E-state index in [1.807, 2.05) is 12.2 Å². The fourth-order valence-corrected chi connectivity index (χ4v) is 1.13. The van der Waals surface area contributed by atoms with E-state index in [4.69, 9.17) is 9.47 Å². The molecule has 0 aromatic heterocycles. The molecule has 0 fully saturated rings. The lowest BCUT2D eigenvalue weighted by Gasteiger charge is -2.17. The van der Waals surface area contributed by atoms with Gasteiger partial charge in [0.1, 0.15) is 13.2 Å². The van der Waals surface area contributed by atoms with Gasteiger partial charge < -0.3 is 9.47 Å². The Morgan fingerprint density at radius 1 is 0.909 bits per heavy atom. The summed E-state index contributed by atoms with van der Waals surface area (Å²) in [5, 5.41) is 0. The number of ether oxygens (including phenoxy) is 2. The maximum absolute atomic E-state index is 5.38. The molecule has 0 radical (unpaired) electrons. The summed E-state index contributed by atoms with van der Waals surface area (Å²) < 4.78 is 10.8. The minimum absolute atomic E-state index is 0.664. The summed E-state index contributed by atoms with van der Waals surface area (Å²) in [6.07, 6.45) is 9.02. The van der Waals surface area contributed by atoms with Crippen molar-refractivity contribution in [1.82, 2.24) is 0 Å². The first-order valence-corrected chi connectivity index (χ1v) is 3.80. The van der Waals surface area contributed by atoms with E-state index in [-0.39, 0.29) is 0 Å². The van der Waals surface area contributed by atoms with Gasteiger partial charge in [-0.05, 0) is 18.6 Å². The fraction of sp³-hybridized carbons (Fsp3) is 0.333. The molecule has 0 aromatic carbocycles. The van der Waals surface area contributed by atoms with Crippen molar-refractivity contribution in [2.24, 2.45) is 0 Å². The fourth-order valence-electron chi connectivity index (χ4n) is 1.13. The van der Waals surface area contributed by atoms with Crippen LogP contribution in [0.25, 0.3) is 0 Å². The highest BCUT2D eigenvalue weighted by Gasteiger charge is 2.10. The zero-order chi connectivity index (χ0) is 7.52. The predicted molar refractivity (Wildman–Crippen MR) is 41.8 cm³/mol. The standard InChI is InChI=1S/C9H10O2/c1-2-4-8-9(5-3-1)11-7-6-10-8/h2-5H,1,6-7H2. The number of hydrogen-bond acceptors (Lipinski definition) is 2. The van der Waals surface area contributed by atoms with Crippen LogP contribution in [0.5, 0.6) is 0 Å². The van der Waals surface area contributed by atoms with Crippen molar-refractivity contribution in [1.29, 1.82) is 0 Å². The second-order valence-electron chi connectivity index (χ2n) is 2.47. The molecule has 0 N–H and O–H groups in total. The molecule has 0 bridgehead atoms. The molecular weight excluding hydrogens is 140 g/mol. The van der Waals surface area contributed by atoms with Gasteiger partial charge in [-0.2, -0.15) is 0 Å². The molecule has 0 atom stereocenters. The van der Waals surface area contributed by atoms with Crippen LogP contribution in [0, 0.1) is 0 Å². The van der Waals surface area contributed by atoms with E-state index in [2.05, 4.69) is 12.2 Å². The Hall–Kier alpha value is -1.18. The van der Waals surface area contributed by atoms with Crippen molar-refractivity contribution in [2.75, 3.05) is 13.2 Å². The third kappa shape index (κ3) is 1.29. The van der Waals surface area contributed by atoms with Crippen LogP contribution in [0.3, 0.4) is 0 Å². The van der Waals surface area contributed by atoms with Crippen LogP contribution in [-0.4, -0.2) is 13.2 Å². The van der Waals surface area contributed by atoms with Gasteiger partial charge in [-0.15, -0.1) is 0 Å². The highest BCUT2D eigenvalue weighted by molar-refractivity contribution is 5.28. The molecule has 11 heavy (non-hydrogen) atoms. The lowest BCUT2D eigenvalue weighted by atomic mass is 10.3. The normalized spacial score (nSPS) is 21.8. The average molecular weight is 150 g/mol. The molecule has 0 unspecified atom stereocenters. The Balaban J connectivity index is 2.31. The predicted octanol–water partition coefficient (Wildman–Crippen LogP) is 1.76. The van der Waals surface area contributed by atoms with Gasteiger partial charge in [0.2, 0.25) is 0 Å².